The normalized spacial score (nSPS) is 15.9. The summed E-state index contributed by atoms with van der Waals surface area (Å²) in [5.74, 6) is -2.08. The lowest BCUT2D eigenvalue weighted by Gasteiger charge is -2.34. The molecule has 2 aromatic heterocycles. The number of nitrogens with one attached hydrogen (secondary N) is 2. The van der Waals surface area contributed by atoms with E-state index >= 15 is 0 Å². The molecule has 1 amide bonds. The second-order valence-electron chi connectivity index (χ2n) is 12.3. The van der Waals surface area contributed by atoms with Gasteiger partial charge in [0.05, 0.1) is 28.3 Å². The van der Waals surface area contributed by atoms with Crippen molar-refractivity contribution in [1.82, 2.24) is 20.3 Å². The van der Waals surface area contributed by atoms with Gasteiger partial charge >= 0.3 is 24.5 Å². The highest BCUT2D eigenvalue weighted by Gasteiger charge is 2.53. The van der Waals surface area contributed by atoms with Gasteiger partial charge in [0, 0.05) is 24.2 Å². The van der Waals surface area contributed by atoms with E-state index in [1.807, 2.05) is 0 Å². The van der Waals surface area contributed by atoms with Crippen LogP contribution in [-0.2, 0) is 4.79 Å². The van der Waals surface area contributed by atoms with Crippen molar-refractivity contribution in [2.24, 2.45) is 22.0 Å². The van der Waals surface area contributed by atoms with E-state index in [1.165, 1.54) is 20.0 Å². The van der Waals surface area contributed by atoms with Gasteiger partial charge in [-0.25, -0.2) is 9.97 Å². The molecule has 8 nitrogen and oxygen atoms in total. The van der Waals surface area contributed by atoms with Crippen LogP contribution in [0.3, 0.4) is 0 Å². The fourth-order valence-electron chi connectivity index (χ4n) is 2.73. The molecule has 2 heterocycles. The van der Waals surface area contributed by atoms with Gasteiger partial charge in [-0.15, -0.1) is 12.4 Å². The molecule has 5 N–H and O–H groups in total. The number of carboxylic acids is 1. The van der Waals surface area contributed by atoms with Crippen molar-refractivity contribution in [1.29, 1.82) is 0 Å². The number of halogens is 10. The van der Waals surface area contributed by atoms with Crippen LogP contribution in [0.1, 0.15) is 90.2 Å². The quantitative estimate of drug-likeness (QED) is 0.232. The first-order chi connectivity index (χ1) is 19.5. The lowest BCUT2D eigenvalue weighted by molar-refractivity contribution is -0.221. The zero-order chi connectivity index (χ0) is 34.9. The van der Waals surface area contributed by atoms with E-state index in [0.29, 0.717) is 30.9 Å². The van der Waals surface area contributed by atoms with Gasteiger partial charge in [-0.2, -0.15) is 39.5 Å². The molecule has 45 heavy (non-hydrogen) atoms. The fraction of sp³-hybridized carbons (Fsp3) is 0.704. The third-order valence-corrected chi connectivity index (χ3v) is 7.91. The lowest BCUT2D eigenvalue weighted by Crippen LogP contribution is -2.50. The molecule has 0 saturated heterocycles. The number of nitrogens with two attached hydrogens (primary N) is 1. The summed E-state index contributed by atoms with van der Waals surface area (Å²) >= 11 is 0. The molecule has 0 spiro atoms. The van der Waals surface area contributed by atoms with E-state index < -0.39 is 58.7 Å². The van der Waals surface area contributed by atoms with Gasteiger partial charge in [0.2, 0.25) is 0 Å². The van der Waals surface area contributed by atoms with Gasteiger partial charge in [0.15, 0.2) is 11.1 Å². The summed E-state index contributed by atoms with van der Waals surface area (Å²) < 4.78 is 110. The Morgan fingerprint density at radius 3 is 1.69 bits per heavy atom. The minimum Gasteiger partial charge on any atom is -0.481 e. The number of H-pyrrole nitrogens is 1. The summed E-state index contributed by atoms with van der Waals surface area (Å²) in [5, 5.41) is 10.5. The van der Waals surface area contributed by atoms with Crippen LogP contribution in [-0.4, -0.2) is 62.5 Å². The van der Waals surface area contributed by atoms with Crippen LogP contribution in [0.15, 0.2) is 12.4 Å². The van der Waals surface area contributed by atoms with E-state index in [4.69, 9.17) is 10.8 Å². The number of carbonyl (C=O) groups excluding carboxylic acids is 1. The van der Waals surface area contributed by atoms with Gasteiger partial charge in [-0.1, -0.05) is 0 Å². The number of rotatable bonds is 6. The average Bonchev–Trinajstić information content (AvgIpc) is 3.61. The number of carbonyl (C=O) groups is 2. The second kappa shape index (κ2) is 14.3. The monoisotopic (exact) mass is 687 g/mol. The highest BCUT2D eigenvalue weighted by Crippen LogP contribution is 2.41. The Bertz CT molecular complexity index is 1300. The standard InChI is InChI=1S/C16H19F3N4O.C6H12F3N.C5H7F3O2.ClH/c1-8(15(2,3)16(17,18)19)22-14(24)10-6-20-13-12(10)23-11(7-21-13)9-4-5-9;1-4(10)5(2,3)6(7,8)9;1-4(2,3(9)10)5(6,7)8;/h6-9H,4-5H2,1-3H3,(H,20,21)(H,22,24);4H,10H2,1-3H3;1-2H3,(H,9,10);1H/t8-;4-;;/m00../s1. The number of carboxylic acid groups (broad SMARTS) is 1. The van der Waals surface area contributed by atoms with Gasteiger partial charge in [0.1, 0.15) is 5.52 Å². The molecule has 0 radical (unpaired) electrons. The van der Waals surface area contributed by atoms with E-state index in [1.54, 1.807) is 6.20 Å². The van der Waals surface area contributed by atoms with Crippen molar-refractivity contribution in [3.05, 3.63) is 23.7 Å². The van der Waals surface area contributed by atoms with E-state index in [0.717, 1.165) is 46.2 Å². The Morgan fingerprint density at radius 2 is 1.38 bits per heavy atom. The summed E-state index contributed by atoms with van der Waals surface area (Å²) in [5.41, 5.74) is 0.544. The molecule has 2 atom stereocenters. The number of alkyl halides is 9. The Labute approximate surface area is 260 Å². The third kappa shape index (κ3) is 10.1. The van der Waals surface area contributed by atoms with Crippen molar-refractivity contribution in [2.45, 2.75) is 105 Å². The average molecular weight is 688 g/mol. The minimum absolute atomic E-state index is 0. The molecule has 2 aromatic rings. The third-order valence-electron chi connectivity index (χ3n) is 7.91. The maximum Gasteiger partial charge on any atom is 0.404 e. The topological polar surface area (TPSA) is 134 Å². The zero-order valence-electron chi connectivity index (χ0n) is 25.8. The number of hydrogen-bond acceptors (Lipinski definition) is 5. The Hall–Kier alpha value is -2.82. The van der Waals surface area contributed by atoms with Gasteiger partial charge in [-0.05, 0) is 68.2 Å². The number of aromatic amines is 1. The minimum atomic E-state index is -4.68. The smallest absolute Gasteiger partial charge is 0.404 e. The molecule has 0 aliphatic heterocycles. The van der Waals surface area contributed by atoms with Crippen molar-refractivity contribution >= 4 is 35.4 Å². The largest absolute Gasteiger partial charge is 0.481 e. The van der Waals surface area contributed by atoms with Crippen LogP contribution >= 0.6 is 12.4 Å². The first-order valence-electron chi connectivity index (χ1n) is 13.3. The maximum absolute atomic E-state index is 13.1. The summed E-state index contributed by atoms with van der Waals surface area (Å²) in [6.07, 6.45) is -8.11. The SMILES string of the molecule is CC(C)(C(=O)O)C(F)(F)F.C[C@H](N)C(C)(C)C(F)(F)F.C[C@H](NC(=O)c1c[nH]c2ncc(C3CC3)nc12)C(C)(C)C(F)(F)F.Cl. The predicted octanol–water partition coefficient (Wildman–Crippen LogP) is 7.55. The van der Waals surface area contributed by atoms with Crippen molar-refractivity contribution in [3.8, 4) is 0 Å². The molecule has 3 rings (SSSR count). The number of aromatic nitrogens is 3. The van der Waals surface area contributed by atoms with Crippen molar-refractivity contribution in [3.63, 3.8) is 0 Å². The molecule has 0 unspecified atom stereocenters. The van der Waals surface area contributed by atoms with Gasteiger partial charge < -0.3 is 21.1 Å². The summed E-state index contributed by atoms with van der Waals surface area (Å²) in [7, 11) is 0. The number of aliphatic carboxylic acids is 1. The zero-order valence-corrected chi connectivity index (χ0v) is 26.7. The molecule has 260 valence electrons. The van der Waals surface area contributed by atoms with E-state index in [-0.39, 0.29) is 18.0 Å². The van der Waals surface area contributed by atoms with Crippen LogP contribution in [0.4, 0.5) is 39.5 Å². The Kier molecular flexibility index (Phi) is 13.4. The molecule has 1 aliphatic rings. The van der Waals surface area contributed by atoms with E-state index in [2.05, 4.69) is 20.3 Å². The van der Waals surface area contributed by atoms with Crippen LogP contribution in [0.2, 0.25) is 0 Å². The van der Waals surface area contributed by atoms with Crippen LogP contribution in [0.25, 0.3) is 11.2 Å². The van der Waals surface area contributed by atoms with Crippen LogP contribution < -0.4 is 11.1 Å². The number of nitrogens with zero attached hydrogens (tertiary/aromatic N) is 2. The first kappa shape index (κ1) is 42.2. The van der Waals surface area contributed by atoms with Crippen molar-refractivity contribution in [2.75, 3.05) is 0 Å². The van der Waals surface area contributed by atoms with E-state index in [9.17, 15) is 49.1 Å². The highest BCUT2D eigenvalue weighted by molar-refractivity contribution is 6.04. The molecule has 1 aliphatic carbocycles. The van der Waals surface area contributed by atoms with Gasteiger partial charge in [0.25, 0.3) is 5.91 Å². The molecular formula is C27H39ClF9N5O3. The molecule has 0 bridgehead atoms. The highest BCUT2D eigenvalue weighted by atomic mass is 35.5. The Balaban J connectivity index is 0.000000771. The summed E-state index contributed by atoms with van der Waals surface area (Å²) in [6.45, 7) is 8.27. The lowest BCUT2D eigenvalue weighted by atomic mass is 9.84. The molecule has 1 fully saturated rings. The molecule has 0 aromatic carbocycles. The molecule has 18 heteroatoms. The number of fused-ring (bicyclic) bond motifs is 1. The first-order valence-corrected chi connectivity index (χ1v) is 13.3. The Morgan fingerprint density at radius 1 is 0.911 bits per heavy atom. The summed E-state index contributed by atoms with van der Waals surface area (Å²) in [6, 6.07) is -1.96. The number of hydrogen-bond donors (Lipinski definition) is 4. The number of amides is 1. The van der Waals surface area contributed by atoms with Crippen LogP contribution in [0.5, 0.6) is 0 Å². The fourth-order valence-corrected chi connectivity index (χ4v) is 2.73. The molecule has 1 saturated carbocycles. The second-order valence-corrected chi connectivity index (χ2v) is 12.3. The predicted molar refractivity (Wildman–Crippen MR) is 151 cm³/mol. The molecular weight excluding hydrogens is 649 g/mol. The van der Waals surface area contributed by atoms with Gasteiger partial charge in [-0.3, -0.25) is 9.59 Å². The van der Waals surface area contributed by atoms with Crippen molar-refractivity contribution < 1.29 is 54.2 Å². The summed E-state index contributed by atoms with van der Waals surface area (Å²) in [4.78, 5) is 33.9. The van der Waals surface area contributed by atoms with Crippen LogP contribution in [0, 0.1) is 16.2 Å². The maximum atomic E-state index is 13.1.